The summed E-state index contributed by atoms with van der Waals surface area (Å²) in [4.78, 5) is 35.7. The lowest BCUT2D eigenvalue weighted by Gasteiger charge is -2.46. The van der Waals surface area contributed by atoms with Crippen LogP contribution in [0, 0.1) is 17.8 Å². The van der Waals surface area contributed by atoms with E-state index in [0.29, 0.717) is 30.8 Å². The van der Waals surface area contributed by atoms with Crippen LogP contribution in [0.2, 0.25) is 0 Å². The van der Waals surface area contributed by atoms with E-state index in [1.54, 1.807) is 0 Å². The maximum Gasteiger partial charge on any atom is 0.331 e. The standard InChI is InChI=1S/C29H48O9/c1-3-5-7-9-11-13-20-17-22(30)21(16-19(20)12-10-8-6-4-2)29-28(36)27(35)26(34)23(38-29)18-37-25(33)15-14-24(31)32/h14-15,19-21,23,26-29,34-36H,3-13,16-18H2,1-2H3,(H,31,32). The van der Waals surface area contributed by atoms with Crippen molar-refractivity contribution in [2.45, 2.75) is 128 Å². The average molecular weight is 541 g/mol. The van der Waals surface area contributed by atoms with E-state index in [4.69, 9.17) is 14.6 Å². The molecule has 1 aliphatic heterocycles. The summed E-state index contributed by atoms with van der Waals surface area (Å²) in [5, 5.41) is 40.4. The van der Waals surface area contributed by atoms with Crippen molar-refractivity contribution in [3.8, 4) is 0 Å². The summed E-state index contributed by atoms with van der Waals surface area (Å²) in [6.07, 6.45) is 8.06. The van der Waals surface area contributed by atoms with Crippen molar-refractivity contribution in [3.63, 3.8) is 0 Å². The van der Waals surface area contributed by atoms with Crippen LogP contribution in [0.15, 0.2) is 12.2 Å². The molecule has 1 heterocycles. The van der Waals surface area contributed by atoms with Crippen molar-refractivity contribution in [1.29, 1.82) is 0 Å². The van der Waals surface area contributed by atoms with Gasteiger partial charge in [0, 0.05) is 24.5 Å². The highest BCUT2D eigenvalue weighted by Gasteiger charge is 2.50. The Morgan fingerprint density at radius 2 is 1.47 bits per heavy atom. The van der Waals surface area contributed by atoms with Crippen molar-refractivity contribution >= 4 is 17.7 Å². The molecule has 1 aliphatic carbocycles. The molecule has 1 saturated carbocycles. The number of ketones is 1. The highest BCUT2D eigenvalue weighted by molar-refractivity contribution is 5.90. The minimum atomic E-state index is -1.57. The maximum atomic E-state index is 13.3. The molecule has 9 heteroatoms. The van der Waals surface area contributed by atoms with Gasteiger partial charge in [0.05, 0.1) is 6.10 Å². The zero-order chi connectivity index (χ0) is 28.1. The maximum absolute atomic E-state index is 13.3. The number of aliphatic hydroxyl groups excluding tert-OH is 3. The fourth-order valence-electron chi connectivity index (χ4n) is 5.88. The van der Waals surface area contributed by atoms with Crippen LogP contribution in [0.5, 0.6) is 0 Å². The summed E-state index contributed by atoms with van der Waals surface area (Å²) < 4.78 is 10.9. The van der Waals surface area contributed by atoms with Gasteiger partial charge in [-0.3, -0.25) is 4.79 Å². The van der Waals surface area contributed by atoms with Gasteiger partial charge in [-0.05, 0) is 24.7 Å². The van der Waals surface area contributed by atoms with Gasteiger partial charge < -0.3 is 29.9 Å². The van der Waals surface area contributed by atoms with Gasteiger partial charge >= 0.3 is 11.9 Å². The van der Waals surface area contributed by atoms with Crippen LogP contribution in [0.3, 0.4) is 0 Å². The molecule has 4 N–H and O–H groups in total. The number of unbranched alkanes of at least 4 members (excludes halogenated alkanes) is 7. The van der Waals surface area contributed by atoms with E-state index >= 15 is 0 Å². The van der Waals surface area contributed by atoms with E-state index in [9.17, 15) is 29.7 Å². The largest absolute Gasteiger partial charge is 0.478 e. The van der Waals surface area contributed by atoms with Crippen molar-refractivity contribution in [2.75, 3.05) is 6.61 Å². The first-order chi connectivity index (χ1) is 18.2. The Kier molecular flexibility index (Phi) is 14.5. The van der Waals surface area contributed by atoms with Crippen molar-refractivity contribution in [1.82, 2.24) is 0 Å². The SMILES string of the molecule is CCCCCCCC1CC(=O)C(C2OC(COC(=O)C=CC(=O)O)C(O)C(O)C2O)CC1CCCCCC. The number of aliphatic hydroxyl groups is 3. The van der Waals surface area contributed by atoms with E-state index in [1.165, 1.54) is 32.1 Å². The van der Waals surface area contributed by atoms with Gasteiger partial charge in [0.15, 0.2) is 0 Å². The van der Waals surface area contributed by atoms with Gasteiger partial charge in [-0.2, -0.15) is 0 Å². The number of ether oxygens (including phenoxy) is 2. The number of Topliss-reactive ketones (excluding diaryl/α,β-unsaturated/α-hetero) is 1. The van der Waals surface area contributed by atoms with Crippen LogP contribution in [-0.2, 0) is 23.9 Å². The number of rotatable bonds is 16. The van der Waals surface area contributed by atoms with E-state index in [2.05, 4.69) is 13.8 Å². The molecule has 0 amide bonds. The topological polar surface area (TPSA) is 151 Å². The Balaban J connectivity index is 2.08. The molecule has 8 unspecified atom stereocenters. The third-order valence-corrected chi connectivity index (χ3v) is 8.10. The smallest absolute Gasteiger partial charge is 0.331 e. The molecule has 0 aromatic carbocycles. The van der Waals surface area contributed by atoms with Crippen LogP contribution in [0.1, 0.15) is 97.3 Å². The Morgan fingerprint density at radius 3 is 2.11 bits per heavy atom. The van der Waals surface area contributed by atoms with E-state index in [0.717, 1.165) is 44.6 Å². The third-order valence-electron chi connectivity index (χ3n) is 8.10. The number of carbonyl (C=O) groups is 3. The van der Waals surface area contributed by atoms with E-state index in [-0.39, 0.29) is 5.78 Å². The fraction of sp³-hybridized carbons (Fsp3) is 0.828. The molecule has 2 rings (SSSR count). The highest BCUT2D eigenvalue weighted by Crippen LogP contribution is 2.42. The minimum Gasteiger partial charge on any atom is -0.478 e. The Morgan fingerprint density at radius 1 is 0.868 bits per heavy atom. The zero-order valence-electron chi connectivity index (χ0n) is 23.0. The quantitative estimate of drug-likeness (QED) is 0.131. The molecule has 38 heavy (non-hydrogen) atoms. The normalized spacial score (nSPS) is 32.0. The third kappa shape index (κ3) is 10.1. The fourth-order valence-corrected chi connectivity index (χ4v) is 5.88. The van der Waals surface area contributed by atoms with Gasteiger partial charge in [0.2, 0.25) is 0 Å². The number of hydrogen-bond donors (Lipinski definition) is 4. The summed E-state index contributed by atoms with van der Waals surface area (Å²) in [6.45, 7) is 3.91. The second-order valence-corrected chi connectivity index (χ2v) is 11.0. The molecule has 1 saturated heterocycles. The van der Waals surface area contributed by atoms with Crippen LogP contribution in [0.4, 0.5) is 0 Å². The number of carboxylic acid groups (broad SMARTS) is 1. The Hall–Kier alpha value is -1.81. The summed E-state index contributed by atoms with van der Waals surface area (Å²) >= 11 is 0. The van der Waals surface area contributed by atoms with Crippen LogP contribution < -0.4 is 0 Å². The summed E-state index contributed by atoms with van der Waals surface area (Å²) in [5.41, 5.74) is 0. The monoisotopic (exact) mass is 540 g/mol. The summed E-state index contributed by atoms with van der Waals surface area (Å²) in [6, 6.07) is 0. The molecule has 0 radical (unpaired) electrons. The summed E-state index contributed by atoms with van der Waals surface area (Å²) in [7, 11) is 0. The lowest BCUT2D eigenvalue weighted by molar-refractivity contribution is -0.244. The van der Waals surface area contributed by atoms with Gasteiger partial charge in [-0.25, -0.2) is 9.59 Å². The first kappa shape index (κ1) is 32.4. The lowest BCUT2D eigenvalue weighted by atomic mass is 9.67. The van der Waals surface area contributed by atoms with Gasteiger partial charge in [-0.15, -0.1) is 0 Å². The highest BCUT2D eigenvalue weighted by atomic mass is 16.6. The van der Waals surface area contributed by atoms with Crippen LogP contribution in [0.25, 0.3) is 0 Å². The minimum absolute atomic E-state index is 0.00106. The number of carbonyl (C=O) groups excluding carboxylic acids is 2. The van der Waals surface area contributed by atoms with Crippen molar-refractivity contribution in [2.24, 2.45) is 17.8 Å². The van der Waals surface area contributed by atoms with Crippen molar-refractivity contribution < 1.29 is 44.3 Å². The molecule has 0 aromatic rings. The molecular formula is C29H48O9. The van der Waals surface area contributed by atoms with E-state index < -0.39 is 55.0 Å². The molecule has 218 valence electrons. The predicted molar refractivity (Wildman–Crippen MR) is 141 cm³/mol. The number of hydrogen-bond acceptors (Lipinski definition) is 8. The lowest BCUT2D eigenvalue weighted by Crippen LogP contribution is -2.62. The molecule has 2 aliphatic rings. The van der Waals surface area contributed by atoms with Crippen LogP contribution in [-0.4, -0.2) is 75.3 Å². The summed E-state index contributed by atoms with van der Waals surface area (Å²) in [5.74, 6) is -2.25. The van der Waals surface area contributed by atoms with Crippen LogP contribution >= 0.6 is 0 Å². The average Bonchev–Trinajstić information content (AvgIpc) is 2.89. The predicted octanol–water partition coefficient (Wildman–Crippen LogP) is 3.56. The number of carboxylic acids is 1. The molecule has 0 spiro atoms. The number of esters is 1. The Labute approximate surface area is 226 Å². The molecule has 2 fully saturated rings. The molecule has 0 bridgehead atoms. The first-order valence-corrected chi connectivity index (χ1v) is 14.5. The zero-order valence-corrected chi connectivity index (χ0v) is 23.0. The van der Waals surface area contributed by atoms with Gasteiger partial charge in [-0.1, -0.05) is 78.1 Å². The number of aliphatic carboxylic acids is 1. The molecular weight excluding hydrogens is 492 g/mol. The molecule has 9 nitrogen and oxygen atoms in total. The second kappa shape index (κ2) is 17.0. The van der Waals surface area contributed by atoms with Gasteiger partial charge in [0.1, 0.15) is 36.8 Å². The van der Waals surface area contributed by atoms with E-state index in [1.807, 2.05) is 0 Å². The van der Waals surface area contributed by atoms with Crippen molar-refractivity contribution in [3.05, 3.63) is 12.2 Å². The second-order valence-electron chi connectivity index (χ2n) is 11.0. The first-order valence-electron chi connectivity index (χ1n) is 14.5. The molecule has 8 atom stereocenters. The molecule has 0 aromatic heterocycles. The van der Waals surface area contributed by atoms with Gasteiger partial charge in [0.25, 0.3) is 0 Å². The Bertz CT molecular complexity index is 767.